The van der Waals surface area contributed by atoms with E-state index in [-0.39, 0.29) is 11.8 Å². The van der Waals surface area contributed by atoms with Crippen LogP contribution < -0.4 is 4.90 Å². The molecule has 20 heavy (non-hydrogen) atoms. The second-order valence-electron chi connectivity index (χ2n) is 4.91. The van der Waals surface area contributed by atoms with Gasteiger partial charge in [-0.1, -0.05) is 48.5 Å². The lowest BCUT2D eigenvalue weighted by Crippen LogP contribution is -2.26. The maximum absolute atomic E-state index is 12.4. The predicted molar refractivity (Wildman–Crippen MR) is 77.1 cm³/mol. The maximum Gasteiger partial charge on any atom is 0.245 e. The zero-order valence-electron chi connectivity index (χ0n) is 10.9. The molecule has 3 heteroatoms. The normalized spacial score (nSPS) is 21.8. The van der Waals surface area contributed by atoms with Crippen LogP contribution in [-0.4, -0.2) is 12.5 Å². The largest absolute Gasteiger partial charge is 0.311 e. The number of amides is 1. The first-order chi connectivity index (χ1) is 9.81. The number of nitrogens with zero attached hydrogens (tertiary/aromatic N) is 2. The molecular formula is C17H14N2O. The third kappa shape index (κ3) is 2.06. The number of nitriles is 1. The van der Waals surface area contributed by atoms with Crippen molar-refractivity contribution in [2.75, 3.05) is 11.4 Å². The van der Waals surface area contributed by atoms with Crippen LogP contribution in [0.1, 0.15) is 11.5 Å². The number of rotatable bonds is 2. The van der Waals surface area contributed by atoms with Crippen LogP contribution in [-0.2, 0) is 4.79 Å². The van der Waals surface area contributed by atoms with Gasteiger partial charge in [0.25, 0.3) is 0 Å². The van der Waals surface area contributed by atoms with E-state index in [1.165, 1.54) is 0 Å². The third-order valence-electron chi connectivity index (χ3n) is 3.75. The molecule has 0 saturated carbocycles. The smallest absolute Gasteiger partial charge is 0.245 e. The Morgan fingerprint density at radius 3 is 2.20 bits per heavy atom. The van der Waals surface area contributed by atoms with E-state index in [1.807, 2.05) is 60.7 Å². The molecule has 2 aromatic carbocycles. The Bertz CT molecular complexity index is 646. The summed E-state index contributed by atoms with van der Waals surface area (Å²) in [6.07, 6.45) is 0. The molecule has 0 N–H and O–H groups in total. The lowest BCUT2D eigenvalue weighted by molar-refractivity contribution is -0.119. The highest BCUT2D eigenvalue weighted by Gasteiger charge is 2.41. The zero-order valence-corrected chi connectivity index (χ0v) is 10.9. The summed E-state index contributed by atoms with van der Waals surface area (Å²) in [5, 5.41) is 9.34. The molecule has 98 valence electrons. The van der Waals surface area contributed by atoms with Crippen LogP contribution in [0.2, 0.25) is 0 Å². The molecule has 0 aromatic heterocycles. The molecule has 2 aromatic rings. The monoisotopic (exact) mass is 262 g/mol. The summed E-state index contributed by atoms with van der Waals surface area (Å²) in [4.78, 5) is 14.1. The summed E-state index contributed by atoms with van der Waals surface area (Å²) >= 11 is 0. The molecule has 2 atom stereocenters. The van der Waals surface area contributed by atoms with Crippen molar-refractivity contribution in [3.63, 3.8) is 0 Å². The van der Waals surface area contributed by atoms with Crippen molar-refractivity contribution in [1.82, 2.24) is 0 Å². The van der Waals surface area contributed by atoms with Crippen molar-refractivity contribution < 1.29 is 4.79 Å². The minimum atomic E-state index is -0.599. The quantitative estimate of drug-likeness (QED) is 0.835. The third-order valence-corrected chi connectivity index (χ3v) is 3.75. The number of anilines is 1. The van der Waals surface area contributed by atoms with E-state index in [9.17, 15) is 10.1 Å². The van der Waals surface area contributed by atoms with E-state index in [2.05, 4.69) is 6.07 Å². The Labute approximate surface area is 118 Å². The van der Waals surface area contributed by atoms with Crippen molar-refractivity contribution in [3.8, 4) is 6.07 Å². The van der Waals surface area contributed by atoms with Gasteiger partial charge in [0, 0.05) is 18.2 Å². The molecular weight excluding hydrogens is 248 g/mol. The van der Waals surface area contributed by atoms with Gasteiger partial charge >= 0.3 is 0 Å². The fourth-order valence-electron chi connectivity index (χ4n) is 2.72. The van der Waals surface area contributed by atoms with Gasteiger partial charge in [0.1, 0.15) is 5.92 Å². The van der Waals surface area contributed by atoms with Crippen molar-refractivity contribution in [1.29, 1.82) is 5.26 Å². The molecule has 0 unspecified atom stereocenters. The van der Waals surface area contributed by atoms with E-state index < -0.39 is 5.92 Å². The molecule has 1 saturated heterocycles. The first-order valence-electron chi connectivity index (χ1n) is 6.62. The van der Waals surface area contributed by atoms with Gasteiger partial charge in [-0.25, -0.2) is 0 Å². The zero-order chi connectivity index (χ0) is 13.9. The predicted octanol–water partition coefficient (Wildman–Crippen LogP) is 2.96. The van der Waals surface area contributed by atoms with E-state index in [0.717, 1.165) is 11.3 Å². The van der Waals surface area contributed by atoms with Gasteiger partial charge in [-0.05, 0) is 17.7 Å². The first kappa shape index (κ1) is 12.4. The van der Waals surface area contributed by atoms with Crippen LogP contribution in [0.4, 0.5) is 5.69 Å². The number of hydrogen-bond acceptors (Lipinski definition) is 2. The molecule has 1 aliphatic heterocycles. The minimum Gasteiger partial charge on any atom is -0.311 e. The standard InChI is InChI=1S/C17H14N2O/c18-11-15-16(13-7-3-1-4-8-13)12-19(17(15)20)14-9-5-2-6-10-14/h1-10,15-16H,12H2/t15-,16-/m1/s1. The van der Waals surface area contributed by atoms with Crippen LogP contribution >= 0.6 is 0 Å². The van der Waals surface area contributed by atoms with Crippen molar-refractivity contribution in [2.45, 2.75) is 5.92 Å². The molecule has 3 nitrogen and oxygen atoms in total. The van der Waals surface area contributed by atoms with Crippen molar-refractivity contribution >= 4 is 11.6 Å². The highest BCUT2D eigenvalue weighted by Crippen LogP contribution is 2.35. The molecule has 0 aliphatic carbocycles. The van der Waals surface area contributed by atoms with Crippen LogP contribution in [0.25, 0.3) is 0 Å². The molecule has 0 radical (unpaired) electrons. The highest BCUT2D eigenvalue weighted by atomic mass is 16.2. The number of hydrogen-bond donors (Lipinski definition) is 0. The van der Waals surface area contributed by atoms with E-state index >= 15 is 0 Å². The SMILES string of the molecule is N#C[C@H]1C(=O)N(c2ccccc2)C[C@@H]1c1ccccc1. The second-order valence-corrected chi connectivity index (χ2v) is 4.91. The Hall–Kier alpha value is -2.60. The van der Waals surface area contributed by atoms with E-state index in [4.69, 9.17) is 0 Å². The van der Waals surface area contributed by atoms with Crippen LogP contribution in [0.5, 0.6) is 0 Å². The molecule has 1 aliphatic rings. The minimum absolute atomic E-state index is 0.0612. The average Bonchev–Trinajstić information content (AvgIpc) is 2.86. The highest BCUT2D eigenvalue weighted by molar-refractivity contribution is 5.99. The lowest BCUT2D eigenvalue weighted by Gasteiger charge is -2.16. The van der Waals surface area contributed by atoms with Crippen molar-refractivity contribution in [2.24, 2.45) is 5.92 Å². The summed E-state index contributed by atoms with van der Waals surface area (Å²) in [6.45, 7) is 0.561. The molecule has 1 heterocycles. The Kier molecular flexibility index (Phi) is 3.22. The fraction of sp³-hybridized carbons (Fsp3) is 0.176. The summed E-state index contributed by atoms with van der Waals surface area (Å²) < 4.78 is 0. The second kappa shape index (κ2) is 5.18. The summed E-state index contributed by atoms with van der Waals surface area (Å²) in [7, 11) is 0. The number of benzene rings is 2. The molecule has 0 bridgehead atoms. The van der Waals surface area contributed by atoms with E-state index in [1.54, 1.807) is 4.90 Å². The Balaban J connectivity index is 1.95. The van der Waals surface area contributed by atoms with Gasteiger partial charge in [-0.15, -0.1) is 0 Å². The van der Waals surface area contributed by atoms with Crippen LogP contribution in [0.15, 0.2) is 60.7 Å². The summed E-state index contributed by atoms with van der Waals surface area (Å²) in [6, 6.07) is 21.5. The summed E-state index contributed by atoms with van der Waals surface area (Å²) in [5.41, 5.74) is 1.90. The van der Waals surface area contributed by atoms with Crippen molar-refractivity contribution in [3.05, 3.63) is 66.2 Å². The van der Waals surface area contributed by atoms with Gasteiger partial charge in [0.05, 0.1) is 6.07 Å². The first-order valence-corrected chi connectivity index (χ1v) is 6.62. The summed E-state index contributed by atoms with van der Waals surface area (Å²) in [5.74, 6) is -0.765. The van der Waals surface area contributed by atoms with E-state index in [0.29, 0.717) is 6.54 Å². The Morgan fingerprint density at radius 1 is 1.00 bits per heavy atom. The topological polar surface area (TPSA) is 44.1 Å². The number of carbonyl (C=O) groups excluding carboxylic acids is 1. The molecule has 1 fully saturated rings. The Morgan fingerprint density at radius 2 is 1.60 bits per heavy atom. The molecule has 1 amide bonds. The van der Waals surface area contributed by atoms with Gasteiger partial charge in [0.2, 0.25) is 5.91 Å². The van der Waals surface area contributed by atoms with Crippen LogP contribution in [0, 0.1) is 17.2 Å². The molecule has 3 rings (SSSR count). The van der Waals surface area contributed by atoms with Gasteiger partial charge in [-0.3, -0.25) is 4.79 Å². The van der Waals surface area contributed by atoms with Gasteiger partial charge in [0.15, 0.2) is 0 Å². The van der Waals surface area contributed by atoms with Gasteiger partial charge < -0.3 is 4.90 Å². The number of para-hydroxylation sites is 1. The average molecular weight is 262 g/mol. The fourth-order valence-corrected chi connectivity index (χ4v) is 2.72. The molecule has 0 spiro atoms. The van der Waals surface area contributed by atoms with Crippen LogP contribution in [0.3, 0.4) is 0 Å². The maximum atomic E-state index is 12.4. The van der Waals surface area contributed by atoms with Gasteiger partial charge in [-0.2, -0.15) is 5.26 Å². The number of carbonyl (C=O) groups is 1. The lowest BCUT2D eigenvalue weighted by atomic mass is 9.90.